The van der Waals surface area contributed by atoms with E-state index >= 15 is 0 Å². The Kier molecular flexibility index (Phi) is 2.84. The SMILES string of the molecule is N#CCc1ccc(CCl)c2cnccc12. The van der Waals surface area contributed by atoms with E-state index in [0.29, 0.717) is 12.3 Å². The van der Waals surface area contributed by atoms with E-state index < -0.39 is 0 Å². The molecule has 1 aromatic carbocycles. The average molecular weight is 217 g/mol. The van der Waals surface area contributed by atoms with E-state index in [2.05, 4.69) is 11.1 Å². The third-order valence-electron chi connectivity index (χ3n) is 2.41. The van der Waals surface area contributed by atoms with Crippen LogP contribution in [-0.4, -0.2) is 4.98 Å². The molecule has 2 rings (SSSR count). The molecule has 1 heterocycles. The number of halogens is 1. The zero-order chi connectivity index (χ0) is 10.7. The van der Waals surface area contributed by atoms with Gasteiger partial charge >= 0.3 is 0 Å². The zero-order valence-electron chi connectivity index (χ0n) is 8.07. The fourth-order valence-corrected chi connectivity index (χ4v) is 1.90. The van der Waals surface area contributed by atoms with Crippen LogP contribution in [0.5, 0.6) is 0 Å². The lowest BCUT2D eigenvalue weighted by Gasteiger charge is -2.06. The first kappa shape index (κ1) is 9.95. The summed E-state index contributed by atoms with van der Waals surface area (Å²) in [5, 5.41) is 10.8. The van der Waals surface area contributed by atoms with Gasteiger partial charge in [-0.15, -0.1) is 11.6 Å². The van der Waals surface area contributed by atoms with Crippen molar-refractivity contribution < 1.29 is 0 Å². The molecule has 0 aliphatic heterocycles. The van der Waals surface area contributed by atoms with E-state index in [4.69, 9.17) is 16.9 Å². The molecule has 0 radical (unpaired) electrons. The lowest BCUT2D eigenvalue weighted by Crippen LogP contribution is -1.89. The highest BCUT2D eigenvalue weighted by atomic mass is 35.5. The number of pyridine rings is 1. The molecule has 0 aliphatic carbocycles. The molecule has 15 heavy (non-hydrogen) atoms. The summed E-state index contributed by atoms with van der Waals surface area (Å²) in [5.74, 6) is 0.467. The third kappa shape index (κ3) is 1.79. The second-order valence-electron chi connectivity index (χ2n) is 3.27. The Hall–Kier alpha value is -1.59. The topological polar surface area (TPSA) is 36.7 Å². The summed E-state index contributed by atoms with van der Waals surface area (Å²) in [5.41, 5.74) is 2.09. The van der Waals surface area contributed by atoms with Crippen molar-refractivity contribution in [3.05, 3.63) is 41.7 Å². The van der Waals surface area contributed by atoms with Crippen LogP contribution < -0.4 is 0 Å². The lowest BCUT2D eigenvalue weighted by atomic mass is 10.0. The van der Waals surface area contributed by atoms with Gasteiger partial charge in [-0.3, -0.25) is 4.98 Å². The lowest BCUT2D eigenvalue weighted by molar-refractivity contribution is 1.26. The van der Waals surface area contributed by atoms with Gasteiger partial charge in [0.2, 0.25) is 0 Å². The van der Waals surface area contributed by atoms with Gasteiger partial charge in [0.05, 0.1) is 12.5 Å². The first-order valence-corrected chi connectivity index (χ1v) is 5.17. The molecule has 0 aliphatic rings. The van der Waals surface area contributed by atoms with E-state index in [1.165, 1.54) is 0 Å². The molecule has 0 bridgehead atoms. The molecule has 0 saturated heterocycles. The van der Waals surface area contributed by atoms with Crippen LogP contribution >= 0.6 is 11.6 Å². The average Bonchev–Trinajstić information content (AvgIpc) is 2.30. The molecule has 0 saturated carbocycles. The molecule has 2 nitrogen and oxygen atoms in total. The van der Waals surface area contributed by atoms with Crippen molar-refractivity contribution in [2.24, 2.45) is 0 Å². The van der Waals surface area contributed by atoms with Gasteiger partial charge in [0.15, 0.2) is 0 Å². The molecule has 0 fully saturated rings. The highest BCUT2D eigenvalue weighted by Crippen LogP contribution is 2.23. The Morgan fingerprint density at radius 3 is 2.73 bits per heavy atom. The third-order valence-corrected chi connectivity index (χ3v) is 2.70. The van der Waals surface area contributed by atoms with Crippen LogP contribution in [0.1, 0.15) is 11.1 Å². The molecule has 0 unspecified atom stereocenters. The van der Waals surface area contributed by atoms with E-state index in [1.807, 2.05) is 18.2 Å². The molecule has 1 aromatic heterocycles. The van der Waals surface area contributed by atoms with Gasteiger partial charge in [-0.1, -0.05) is 12.1 Å². The number of benzene rings is 1. The predicted octanol–water partition coefficient (Wildman–Crippen LogP) is 3.04. The molecule has 2 aromatic rings. The van der Waals surface area contributed by atoms with Crippen molar-refractivity contribution in [2.75, 3.05) is 0 Å². The number of nitriles is 1. The van der Waals surface area contributed by atoms with Crippen LogP contribution in [-0.2, 0) is 12.3 Å². The number of hydrogen-bond donors (Lipinski definition) is 0. The molecule has 74 valence electrons. The minimum atomic E-state index is 0.420. The van der Waals surface area contributed by atoms with Gasteiger partial charge in [0.1, 0.15) is 0 Å². The number of nitrogens with zero attached hydrogens (tertiary/aromatic N) is 2. The van der Waals surface area contributed by atoms with Crippen molar-refractivity contribution >= 4 is 22.4 Å². The van der Waals surface area contributed by atoms with Crippen molar-refractivity contribution in [1.82, 2.24) is 4.98 Å². The Bertz CT molecular complexity index is 529. The van der Waals surface area contributed by atoms with E-state index in [0.717, 1.165) is 21.9 Å². The van der Waals surface area contributed by atoms with Crippen LogP contribution in [0.3, 0.4) is 0 Å². The maximum absolute atomic E-state index is 8.71. The predicted molar refractivity (Wildman–Crippen MR) is 60.6 cm³/mol. The molecule has 0 atom stereocenters. The minimum Gasteiger partial charge on any atom is -0.264 e. The van der Waals surface area contributed by atoms with Gasteiger partial charge in [-0.2, -0.15) is 5.26 Å². The van der Waals surface area contributed by atoms with Gasteiger partial charge in [0.25, 0.3) is 0 Å². The summed E-state index contributed by atoms with van der Waals surface area (Å²) in [4.78, 5) is 4.08. The fraction of sp³-hybridized carbons (Fsp3) is 0.167. The monoisotopic (exact) mass is 216 g/mol. The molecular formula is C12H9ClN2. The number of alkyl halides is 1. The first-order valence-electron chi connectivity index (χ1n) is 4.64. The van der Waals surface area contributed by atoms with Gasteiger partial charge in [-0.25, -0.2) is 0 Å². The minimum absolute atomic E-state index is 0.420. The number of fused-ring (bicyclic) bond motifs is 1. The zero-order valence-corrected chi connectivity index (χ0v) is 8.83. The Labute approximate surface area is 93.1 Å². The molecule has 0 amide bonds. The highest BCUT2D eigenvalue weighted by molar-refractivity contribution is 6.18. The maximum Gasteiger partial charge on any atom is 0.0669 e. The summed E-state index contributed by atoms with van der Waals surface area (Å²) in [6, 6.07) is 8.01. The summed E-state index contributed by atoms with van der Waals surface area (Å²) in [7, 11) is 0. The fourth-order valence-electron chi connectivity index (χ4n) is 1.67. The van der Waals surface area contributed by atoms with Crippen LogP contribution in [0, 0.1) is 11.3 Å². The van der Waals surface area contributed by atoms with Crippen molar-refractivity contribution in [3.63, 3.8) is 0 Å². The smallest absolute Gasteiger partial charge is 0.0669 e. The Morgan fingerprint density at radius 1 is 1.20 bits per heavy atom. The quantitative estimate of drug-likeness (QED) is 0.724. The maximum atomic E-state index is 8.71. The van der Waals surface area contributed by atoms with Crippen molar-refractivity contribution in [2.45, 2.75) is 12.3 Å². The second-order valence-corrected chi connectivity index (χ2v) is 3.54. The van der Waals surface area contributed by atoms with Gasteiger partial charge < -0.3 is 0 Å². The summed E-state index contributed by atoms with van der Waals surface area (Å²) in [6.07, 6.45) is 3.96. The first-order chi connectivity index (χ1) is 7.36. The van der Waals surface area contributed by atoms with Crippen LogP contribution in [0.15, 0.2) is 30.6 Å². The Balaban J connectivity index is 2.72. The van der Waals surface area contributed by atoms with Crippen LogP contribution in [0.4, 0.5) is 0 Å². The van der Waals surface area contributed by atoms with E-state index in [-0.39, 0.29) is 0 Å². The van der Waals surface area contributed by atoms with Crippen molar-refractivity contribution in [3.8, 4) is 6.07 Å². The van der Waals surface area contributed by atoms with E-state index in [9.17, 15) is 0 Å². The van der Waals surface area contributed by atoms with Crippen LogP contribution in [0.25, 0.3) is 10.8 Å². The second kappa shape index (κ2) is 4.29. The molecule has 0 N–H and O–H groups in total. The molecule has 3 heteroatoms. The summed E-state index contributed by atoms with van der Waals surface area (Å²) >= 11 is 5.84. The van der Waals surface area contributed by atoms with Crippen LogP contribution in [0.2, 0.25) is 0 Å². The number of hydrogen-bond acceptors (Lipinski definition) is 2. The largest absolute Gasteiger partial charge is 0.264 e. The highest BCUT2D eigenvalue weighted by Gasteiger charge is 2.04. The van der Waals surface area contributed by atoms with Crippen molar-refractivity contribution in [1.29, 1.82) is 5.26 Å². The summed E-state index contributed by atoms with van der Waals surface area (Å²) < 4.78 is 0. The molecule has 0 spiro atoms. The summed E-state index contributed by atoms with van der Waals surface area (Å²) in [6.45, 7) is 0. The number of aromatic nitrogens is 1. The normalized spacial score (nSPS) is 10.1. The molecular weight excluding hydrogens is 208 g/mol. The van der Waals surface area contributed by atoms with Gasteiger partial charge in [0, 0.05) is 23.7 Å². The number of rotatable bonds is 2. The van der Waals surface area contributed by atoms with Gasteiger partial charge in [-0.05, 0) is 22.6 Å². The standard InChI is InChI=1S/C12H9ClN2/c13-7-10-2-1-9(3-5-14)11-4-6-15-8-12(10)11/h1-2,4,6,8H,3,7H2. The Morgan fingerprint density at radius 2 is 2.00 bits per heavy atom. The van der Waals surface area contributed by atoms with E-state index in [1.54, 1.807) is 12.4 Å².